The summed E-state index contributed by atoms with van der Waals surface area (Å²) in [6.45, 7) is 8.31. The van der Waals surface area contributed by atoms with Crippen LogP contribution in [0.1, 0.15) is 37.3 Å². The molecule has 0 bridgehead atoms. The van der Waals surface area contributed by atoms with E-state index in [1.165, 1.54) is 0 Å². The van der Waals surface area contributed by atoms with E-state index in [-0.39, 0.29) is 5.91 Å². The molecule has 0 aromatic carbocycles. The maximum absolute atomic E-state index is 12.2. The van der Waals surface area contributed by atoms with Crippen LogP contribution in [0.4, 0.5) is 0 Å². The summed E-state index contributed by atoms with van der Waals surface area (Å²) in [5.41, 5.74) is 0.590. The van der Waals surface area contributed by atoms with Crippen LogP contribution in [0.2, 0.25) is 0 Å². The van der Waals surface area contributed by atoms with Crippen LogP contribution in [0.5, 0.6) is 0 Å². The normalized spacial score (nSPS) is 30.8. The van der Waals surface area contributed by atoms with E-state index in [4.69, 9.17) is 0 Å². The quantitative estimate of drug-likeness (QED) is 0.781. The largest absolute Gasteiger partial charge is 0.337 e. The molecule has 0 N–H and O–H groups in total. The van der Waals surface area contributed by atoms with Crippen molar-refractivity contribution in [3.63, 3.8) is 0 Å². The van der Waals surface area contributed by atoms with Crippen molar-refractivity contribution in [3.8, 4) is 0 Å². The lowest BCUT2D eigenvalue weighted by atomic mass is 10.3. The number of aromatic nitrogens is 2. The fourth-order valence-corrected chi connectivity index (χ4v) is 2.88. The first-order valence-corrected chi connectivity index (χ1v) is 6.40. The summed E-state index contributed by atoms with van der Waals surface area (Å²) in [5, 5.41) is 0. The molecule has 0 radical (unpaired) electrons. The van der Waals surface area contributed by atoms with Gasteiger partial charge in [-0.1, -0.05) is 6.92 Å². The predicted molar refractivity (Wildman–Crippen MR) is 64.7 cm³/mol. The Labute approximate surface area is 102 Å². The smallest absolute Gasteiger partial charge is 0.274 e. The minimum absolute atomic E-state index is 0.101. The van der Waals surface area contributed by atoms with E-state index in [0.717, 1.165) is 30.8 Å². The van der Waals surface area contributed by atoms with Crippen molar-refractivity contribution >= 4 is 5.91 Å². The minimum Gasteiger partial charge on any atom is -0.337 e. The standard InChI is InChI=1S/C13H19N3O/c1-8(2)16-6-12(14-7-16)13(17)15-4-10-9(3)11(10)5-15/h6-11H,4-5H2,1-3H3/t9?,10-,11+. The van der Waals surface area contributed by atoms with E-state index in [0.29, 0.717) is 11.7 Å². The summed E-state index contributed by atoms with van der Waals surface area (Å²) in [5.74, 6) is 2.44. The van der Waals surface area contributed by atoms with Crippen molar-refractivity contribution in [3.05, 3.63) is 18.2 Å². The Bertz CT molecular complexity index is 439. The highest BCUT2D eigenvalue weighted by molar-refractivity contribution is 5.92. The first-order chi connectivity index (χ1) is 8.08. The Morgan fingerprint density at radius 3 is 2.59 bits per heavy atom. The molecule has 1 amide bonds. The number of hydrogen-bond acceptors (Lipinski definition) is 2. The van der Waals surface area contributed by atoms with Gasteiger partial charge in [0.25, 0.3) is 5.91 Å². The predicted octanol–water partition coefficient (Wildman–Crippen LogP) is 1.80. The molecule has 3 rings (SSSR count). The van der Waals surface area contributed by atoms with Gasteiger partial charge in [-0.15, -0.1) is 0 Å². The molecule has 1 aliphatic heterocycles. The van der Waals surface area contributed by atoms with E-state index in [1.807, 2.05) is 15.7 Å². The second-order valence-corrected chi connectivity index (χ2v) is 5.70. The van der Waals surface area contributed by atoms with Crippen LogP contribution in [0, 0.1) is 17.8 Å². The molecule has 1 aromatic rings. The number of carbonyl (C=O) groups excluding carboxylic acids is 1. The molecule has 0 spiro atoms. The Balaban J connectivity index is 1.70. The fourth-order valence-electron chi connectivity index (χ4n) is 2.88. The highest BCUT2D eigenvalue weighted by atomic mass is 16.2. The minimum atomic E-state index is 0.101. The Kier molecular flexibility index (Phi) is 2.28. The third-order valence-corrected chi connectivity index (χ3v) is 4.33. The first-order valence-electron chi connectivity index (χ1n) is 6.40. The second kappa shape index (κ2) is 3.59. The van der Waals surface area contributed by atoms with E-state index >= 15 is 0 Å². The average Bonchev–Trinajstić information content (AvgIpc) is 2.83. The summed E-state index contributed by atoms with van der Waals surface area (Å²) in [7, 11) is 0. The molecule has 4 nitrogen and oxygen atoms in total. The van der Waals surface area contributed by atoms with Gasteiger partial charge in [0, 0.05) is 25.3 Å². The van der Waals surface area contributed by atoms with Crippen LogP contribution in [-0.4, -0.2) is 33.4 Å². The Morgan fingerprint density at radius 1 is 1.41 bits per heavy atom. The lowest BCUT2D eigenvalue weighted by Crippen LogP contribution is -2.31. The van der Waals surface area contributed by atoms with Gasteiger partial charge in [-0.05, 0) is 31.6 Å². The lowest BCUT2D eigenvalue weighted by molar-refractivity contribution is 0.0764. The maximum Gasteiger partial charge on any atom is 0.274 e. The van der Waals surface area contributed by atoms with E-state index in [2.05, 4.69) is 25.8 Å². The van der Waals surface area contributed by atoms with Gasteiger partial charge >= 0.3 is 0 Å². The van der Waals surface area contributed by atoms with E-state index < -0.39 is 0 Å². The monoisotopic (exact) mass is 233 g/mol. The molecule has 2 fully saturated rings. The molecule has 92 valence electrons. The number of nitrogens with zero attached hydrogens (tertiary/aromatic N) is 3. The number of fused-ring (bicyclic) bond motifs is 1. The highest BCUT2D eigenvalue weighted by Gasteiger charge is 2.53. The summed E-state index contributed by atoms with van der Waals surface area (Å²) >= 11 is 0. The summed E-state index contributed by atoms with van der Waals surface area (Å²) in [6, 6.07) is 0.357. The van der Waals surface area contributed by atoms with Crippen molar-refractivity contribution in [2.75, 3.05) is 13.1 Å². The number of carbonyl (C=O) groups is 1. The first kappa shape index (κ1) is 10.8. The van der Waals surface area contributed by atoms with E-state index in [1.54, 1.807) is 6.33 Å². The third kappa shape index (κ3) is 1.66. The number of amides is 1. The molecule has 4 heteroatoms. The average molecular weight is 233 g/mol. The highest BCUT2D eigenvalue weighted by Crippen LogP contribution is 2.51. The molecule has 1 saturated heterocycles. The molecule has 2 aliphatic rings. The molecule has 1 aliphatic carbocycles. The number of piperidine rings is 1. The molecule has 1 aromatic heterocycles. The summed E-state index contributed by atoms with van der Waals surface area (Å²) < 4.78 is 1.98. The van der Waals surface area contributed by atoms with Gasteiger partial charge in [-0.25, -0.2) is 4.98 Å². The van der Waals surface area contributed by atoms with Gasteiger partial charge in [0.1, 0.15) is 5.69 Å². The van der Waals surface area contributed by atoms with Gasteiger partial charge in [0.15, 0.2) is 0 Å². The Morgan fingerprint density at radius 2 is 2.06 bits per heavy atom. The van der Waals surface area contributed by atoms with Crippen molar-refractivity contribution in [1.29, 1.82) is 0 Å². The van der Waals surface area contributed by atoms with E-state index in [9.17, 15) is 4.79 Å². The molecule has 1 saturated carbocycles. The van der Waals surface area contributed by atoms with Gasteiger partial charge in [0.2, 0.25) is 0 Å². The zero-order valence-corrected chi connectivity index (χ0v) is 10.6. The Hall–Kier alpha value is -1.32. The van der Waals surface area contributed by atoms with Gasteiger partial charge in [0.05, 0.1) is 6.33 Å². The number of rotatable bonds is 2. The molecule has 2 heterocycles. The van der Waals surface area contributed by atoms with Crippen molar-refractivity contribution in [2.45, 2.75) is 26.8 Å². The van der Waals surface area contributed by atoms with Crippen LogP contribution >= 0.6 is 0 Å². The zero-order valence-electron chi connectivity index (χ0n) is 10.6. The van der Waals surface area contributed by atoms with Crippen molar-refractivity contribution in [1.82, 2.24) is 14.5 Å². The van der Waals surface area contributed by atoms with Crippen LogP contribution in [-0.2, 0) is 0 Å². The van der Waals surface area contributed by atoms with Gasteiger partial charge < -0.3 is 9.47 Å². The summed E-state index contributed by atoms with van der Waals surface area (Å²) in [6.07, 6.45) is 3.61. The lowest BCUT2D eigenvalue weighted by Gasteiger charge is -2.17. The number of imidazole rings is 1. The van der Waals surface area contributed by atoms with Crippen LogP contribution < -0.4 is 0 Å². The second-order valence-electron chi connectivity index (χ2n) is 5.70. The maximum atomic E-state index is 12.2. The topological polar surface area (TPSA) is 38.1 Å². The van der Waals surface area contributed by atoms with Crippen LogP contribution in [0.3, 0.4) is 0 Å². The molecule has 17 heavy (non-hydrogen) atoms. The molecule has 1 unspecified atom stereocenters. The van der Waals surface area contributed by atoms with Gasteiger partial charge in [-0.2, -0.15) is 0 Å². The van der Waals surface area contributed by atoms with Crippen molar-refractivity contribution < 1.29 is 4.79 Å². The fraction of sp³-hybridized carbons (Fsp3) is 0.692. The van der Waals surface area contributed by atoms with Crippen molar-refractivity contribution in [2.24, 2.45) is 17.8 Å². The number of likely N-dealkylation sites (tertiary alicyclic amines) is 1. The molecular weight excluding hydrogens is 214 g/mol. The third-order valence-electron chi connectivity index (χ3n) is 4.33. The SMILES string of the molecule is CC1[C@H]2CN(C(=O)c3cn(C(C)C)cn3)C[C@@H]12. The zero-order chi connectivity index (χ0) is 12.2. The van der Waals surface area contributed by atoms with Gasteiger partial charge in [-0.3, -0.25) is 4.79 Å². The number of hydrogen-bond donors (Lipinski definition) is 0. The summed E-state index contributed by atoms with van der Waals surface area (Å²) in [4.78, 5) is 18.4. The molecule has 3 atom stereocenters. The van der Waals surface area contributed by atoms with Crippen LogP contribution in [0.25, 0.3) is 0 Å². The van der Waals surface area contributed by atoms with Crippen LogP contribution in [0.15, 0.2) is 12.5 Å². The molecular formula is C13H19N3O.